The molecule has 0 spiro atoms. The molecule has 0 radical (unpaired) electrons. The Morgan fingerprint density at radius 2 is 2.06 bits per heavy atom. The summed E-state index contributed by atoms with van der Waals surface area (Å²) in [4.78, 5) is 22.1. The van der Waals surface area contributed by atoms with E-state index < -0.39 is 0 Å². The zero-order valence-corrected chi connectivity index (χ0v) is 11.2. The van der Waals surface area contributed by atoms with Crippen molar-refractivity contribution in [3.63, 3.8) is 0 Å². The van der Waals surface area contributed by atoms with Gasteiger partial charge in [0.25, 0.3) is 0 Å². The normalized spacial score (nSPS) is 11.4. The first-order chi connectivity index (χ1) is 8.60. The van der Waals surface area contributed by atoms with E-state index in [1.807, 2.05) is 0 Å². The predicted octanol–water partition coefficient (Wildman–Crippen LogP) is 0.368. The summed E-state index contributed by atoms with van der Waals surface area (Å²) in [6.07, 6.45) is 8.55. The molecule has 0 aliphatic rings. The number of carbonyl (C=O) groups is 2. The van der Waals surface area contributed by atoms with Crippen LogP contribution in [-0.4, -0.2) is 31.6 Å². The van der Waals surface area contributed by atoms with Gasteiger partial charge in [-0.1, -0.05) is 0 Å². The van der Waals surface area contributed by atoms with E-state index >= 15 is 0 Å². The first-order valence-corrected chi connectivity index (χ1v) is 6.24. The molecule has 0 heterocycles. The van der Waals surface area contributed by atoms with Crippen LogP contribution in [-0.2, 0) is 9.59 Å². The maximum absolute atomic E-state index is 11.4. The summed E-state index contributed by atoms with van der Waals surface area (Å²) in [6.45, 7) is 2.18. The maximum Gasteiger partial charge on any atom is 0.222 e. The minimum Gasteiger partial charge on any atom is -0.356 e. The van der Waals surface area contributed by atoms with Crippen LogP contribution in [0.25, 0.3) is 0 Å². The van der Waals surface area contributed by atoms with Crippen molar-refractivity contribution in [1.82, 2.24) is 16.0 Å². The van der Waals surface area contributed by atoms with Crippen LogP contribution < -0.4 is 16.0 Å². The standard InChI is InChI=1S/C13H23N3O2/c1-4-5-9-13(18)16-12(14-3)8-6-7-10-15-11(2)17/h1,12,14H,5-10H2,2-3H3,(H,15,17)(H,16,18). The fourth-order valence-corrected chi connectivity index (χ4v) is 1.48. The van der Waals surface area contributed by atoms with Crippen molar-refractivity contribution < 1.29 is 9.59 Å². The van der Waals surface area contributed by atoms with E-state index in [2.05, 4.69) is 21.9 Å². The van der Waals surface area contributed by atoms with E-state index in [4.69, 9.17) is 6.42 Å². The van der Waals surface area contributed by atoms with E-state index in [0.717, 1.165) is 19.3 Å². The highest BCUT2D eigenvalue weighted by molar-refractivity contribution is 5.76. The molecule has 102 valence electrons. The Labute approximate surface area is 109 Å². The van der Waals surface area contributed by atoms with Gasteiger partial charge in [-0.3, -0.25) is 9.59 Å². The quantitative estimate of drug-likeness (QED) is 0.316. The molecule has 0 aliphatic carbocycles. The SMILES string of the molecule is C#CCCC(=O)NC(CCCCNC(C)=O)NC. The van der Waals surface area contributed by atoms with Crippen LogP contribution >= 0.6 is 0 Å². The van der Waals surface area contributed by atoms with Crippen molar-refractivity contribution in [2.75, 3.05) is 13.6 Å². The van der Waals surface area contributed by atoms with Crippen molar-refractivity contribution in [3.8, 4) is 12.3 Å². The lowest BCUT2D eigenvalue weighted by Crippen LogP contribution is -2.43. The van der Waals surface area contributed by atoms with Gasteiger partial charge in [-0.05, 0) is 26.3 Å². The van der Waals surface area contributed by atoms with Gasteiger partial charge in [-0.25, -0.2) is 0 Å². The van der Waals surface area contributed by atoms with Crippen LogP contribution in [0.4, 0.5) is 0 Å². The zero-order valence-electron chi connectivity index (χ0n) is 11.2. The number of unbranched alkanes of at least 4 members (excludes halogenated alkanes) is 1. The Bertz CT molecular complexity index is 297. The second-order valence-electron chi connectivity index (χ2n) is 4.09. The molecular weight excluding hydrogens is 230 g/mol. The summed E-state index contributed by atoms with van der Waals surface area (Å²) in [7, 11) is 1.81. The first kappa shape index (κ1) is 16.5. The molecule has 0 saturated carbocycles. The van der Waals surface area contributed by atoms with Gasteiger partial charge < -0.3 is 16.0 Å². The van der Waals surface area contributed by atoms with Crippen LogP contribution in [0, 0.1) is 12.3 Å². The maximum atomic E-state index is 11.4. The lowest BCUT2D eigenvalue weighted by molar-refractivity contribution is -0.122. The van der Waals surface area contributed by atoms with Crippen molar-refractivity contribution >= 4 is 11.8 Å². The third-order valence-electron chi connectivity index (χ3n) is 2.47. The van der Waals surface area contributed by atoms with Crippen LogP contribution in [0.15, 0.2) is 0 Å². The molecule has 0 aromatic heterocycles. The predicted molar refractivity (Wildman–Crippen MR) is 71.6 cm³/mol. The number of carbonyl (C=O) groups excluding carboxylic acids is 2. The summed E-state index contributed by atoms with van der Waals surface area (Å²) in [6, 6.07) is 0. The summed E-state index contributed by atoms with van der Waals surface area (Å²) in [5.41, 5.74) is 0. The highest BCUT2D eigenvalue weighted by atomic mass is 16.2. The van der Waals surface area contributed by atoms with Gasteiger partial charge in [0.1, 0.15) is 0 Å². The lowest BCUT2D eigenvalue weighted by Gasteiger charge is -2.17. The van der Waals surface area contributed by atoms with E-state index in [1.54, 1.807) is 7.05 Å². The minimum atomic E-state index is -0.0346. The second kappa shape index (κ2) is 10.6. The van der Waals surface area contributed by atoms with Gasteiger partial charge >= 0.3 is 0 Å². The smallest absolute Gasteiger partial charge is 0.222 e. The van der Waals surface area contributed by atoms with E-state index in [1.165, 1.54) is 6.92 Å². The van der Waals surface area contributed by atoms with E-state index in [0.29, 0.717) is 19.4 Å². The fraction of sp³-hybridized carbons (Fsp3) is 0.692. The van der Waals surface area contributed by atoms with Crippen molar-refractivity contribution in [2.24, 2.45) is 0 Å². The van der Waals surface area contributed by atoms with Gasteiger partial charge in [0, 0.05) is 26.3 Å². The summed E-state index contributed by atoms with van der Waals surface area (Å²) in [5.74, 6) is 2.39. The Morgan fingerprint density at radius 1 is 1.33 bits per heavy atom. The number of amides is 2. The summed E-state index contributed by atoms with van der Waals surface area (Å²) in [5, 5.41) is 8.64. The number of rotatable bonds is 9. The van der Waals surface area contributed by atoms with Crippen LogP contribution in [0.3, 0.4) is 0 Å². The third-order valence-corrected chi connectivity index (χ3v) is 2.47. The number of nitrogens with one attached hydrogen (secondary N) is 3. The van der Waals surface area contributed by atoms with Crippen LogP contribution in [0.1, 0.15) is 39.0 Å². The molecular formula is C13H23N3O2. The topological polar surface area (TPSA) is 70.2 Å². The molecule has 1 atom stereocenters. The van der Waals surface area contributed by atoms with Crippen molar-refractivity contribution in [1.29, 1.82) is 0 Å². The molecule has 3 N–H and O–H groups in total. The molecule has 5 nitrogen and oxygen atoms in total. The molecule has 0 aromatic carbocycles. The van der Waals surface area contributed by atoms with Crippen LogP contribution in [0.5, 0.6) is 0 Å². The third kappa shape index (κ3) is 9.67. The molecule has 0 rings (SSSR count). The Hall–Kier alpha value is -1.54. The van der Waals surface area contributed by atoms with Crippen molar-refractivity contribution in [2.45, 2.75) is 45.2 Å². The molecule has 0 aliphatic heterocycles. The fourth-order valence-electron chi connectivity index (χ4n) is 1.48. The zero-order chi connectivity index (χ0) is 13.8. The van der Waals surface area contributed by atoms with Gasteiger partial charge in [0.15, 0.2) is 0 Å². The average molecular weight is 253 g/mol. The molecule has 0 fully saturated rings. The lowest BCUT2D eigenvalue weighted by atomic mass is 10.2. The summed E-state index contributed by atoms with van der Waals surface area (Å²) < 4.78 is 0. The molecule has 0 aromatic rings. The van der Waals surface area contributed by atoms with Gasteiger partial charge in [-0.2, -0.15) is 0 Å². The highest BCUT2D eigenvalue weighted by Crippen LogP contribution is 1.99. The molecule has 0 saturated heterocycles. The largest absolute Gasteiger partial charge is 0.356 e. The monoisotopic (exact) mass is 253 g/mol. The highest BCUT2D eigenvalue weighted by Gasteiger charge is 2.08. The molecule has 18 heavy (non-hydrogen) atoms. The molecule has 1 unspecified atom stereocenters. The van der Waals surface area contributed by atoms with Gasteiger partial charge in [0.05, 0.1) is 6.17 Å². The number of hydrogen-bond donors (Lipinski definition) is 3. The van der Waals surface area contributed by atoms with E-state index in [9.17, 15) is 9.59 Å². The Morgan fingerprint density at radius 3 is 2.61 bits per heavy atom. The molecule has 0 bridgehead atoms. The number of terminal acetylenes is 1. The second-order valence-corrected chi connectivity index (χ2v) is 4.09. The Kier molecular flexibility index (Phi) is 9.70. The molecule has 5 heteroatoms. The van der Waals surface area contributed by atoms with Gasteiger partial charge in [0.2, 0.25) is 11.8 Å². The summed E-state index contributed by atoms with van der Waals surface area (Å²) >= 11 is 0. The first-order valence-electron chi connectivity index (χ1n) is 6.24. The van der Waals surface area contributed by atoms with E-state index in [-0.39, 0.29) is 18.0 Å². The Balaban J connectivity index is 3.67. The average Bonchev–Trinajstić information content (AvgIpc) is 2.34. The molecule has 2 amide bonds. The number of hydrogen-bond acceptors (Lipinski definition) is 3. The van der Waals surface area contributed by atoms with Crippen LogP contribution in [0.2, 0.25) is 0 Å². The minimum absolute atomic E-state index is 0.0113. The van der Waals surface area contributed by atoms with Gasteiger partial charge in [-0.15, -0.1) is 12.3 Å². The van der Waals surface area contributed by atoms with Crippen molar-refractivity contribution in [3.05, 3.63) is 0 Å².